The predicted molar refractivity (Wildman–Crippen MR) is 77.2 cm³/mol. The van der Waals surface area contributed by atoms with E-state index in [1.807, 2.05) is 12.1 Å². The molecule has 0 fully saturated rings. The van der Waals surface area contributed by atoms with Crippen LogP contribution >= 0.6 is 11.3 Å². The highest BCUT2D eigenvalue weighted by atomic mass is 32.1. The summed E-state index contributed by atoms with van der Waals surface area (Å²) >= 11 is 1.78. The third kappa shape index (κ3) is 3.59. The van der Waals surface area contributed by atoms with E-state index in [0.717, 1.165) is 24.9 Å². The molecule has 1 aromatic carbocycles. The molecule has 2 N–H and O–H groups in total. The van der Waals surface area contributed by atoms with Crippen molar-refractivity contribution in [1.82, 2.24) is 5.32 Å². The Kier molecular flexibility index (Phi) is 4.79. The van der Waals surface area contributed by atoms with Gasteiger partial charge in [-0.1, -0.05) is 25.1 Å². The second-order valence-electron chi connectivity index (χ2n) is 4.40. The third-order valence-electron chi connectivity index (χ3n) is 2.88. The zero-order chi connectivity index (χ0) is 12.8. The van der Waals surface area contributed by atoms with Gasteiger partial charge in [-0.3, -0.25) is 0 Å². The van der Waals surface area contributed by atoms with Gasteiger partial charge in [-0.15, -0.1) is 11.3 Å². The van der Waals surface area contributed by atoms with Crippen LogP contribution in [0.25, 0.3) is 0 Å². The summed E-state index contributed by atoms with van der Waals surface area (Å²) in [5.74, 6) is 0.341. The van der Waals surface area contributed by atoms with Gasteiger partial charge in [-0.2, -0.15) is 0 Å². The molecule has 2 nitrogen and oxygen atoms in total. The van der Waals surface area contributed by atoms with Crippen molar-refractivity contribution in [2.75, 3.05) is 6.54 Å². The number of aromatic hydroxyl groups is 1. The lowest BCUT2D eigenvalue weighted by Crippen LogP contribution is -2.23. The average molecular weight is 261 g/mol. The van der Waals surface area contributed by atoms with E-state index < -0.39 is 0 Å². The van der Waals surface area contributed by atoms with E-state index in [4.69, 9.17) is 0 Å². The first kappa shape index (κ1) is 13.1. The molecule has 0 aliphatic rings. The van der Waals surface area contributed by atoms with E-state index in [0.29, 0.717) is 11.8 Å². The van der Waals surface area contributed by atoms with E-state index in [1.54, 1.807) is 17.4 Å². The van der Waals surface area contributed by atoms with Crippen molar-refractivity contribution < 1.29 is 5.11 Å². The van der Waals surface area contributed by atoms with E-state index in [2.05, 4.69) is 35.8 Å². The molecule has 0 radical (unpaired) electrons. The molecule has 18 heavy (non-hydrogen) atoms. The molecule has 0 aliphatic carbocycles. The smallest absolute Gasteiger partial charge is 0.115 e. The fourth-order valence-electron chi connectivity index (χ4n) is 2.00. The number of thiophene rings is 1. The molecule has 0 spiro atoms. The molecule has 1 aromatic heterocycles. The summed E-state index contributed by atoms with van der Waals surface area (Å²) < 4.78 is 0. The second-order valence-corrected chi connectivity index (χ2v) is 5.38. The summed E-state index contributed by atoms with van der Waals surface area (Å²) in [6.45, 7) is 3.19. The van der Waals surface area contributed by atoms with Crippen molar-refractivity contribution in [2.45, 2.75) is 25.8 Å². The summed E-state index contributed by atoms with van der Waals surface area (Å²) in [5.41, 5.74) is 1.16. The Morgan fingerprint density at radius 2 is 2.17 bits per heavy atom. The number of hydrogen-bond donors (Lipinski definition) is 2. The number of nitrogens with one attached hydrogen (secondary N) is 1. The molecular formula is C15H19NOS. The van der Waals surface area contributed by atoms with Crippen LogP contribution in [0, 0.1) is 0 Å². The van der Waals surface area contributed by atoms with Crippen LogP contribution < -0.4 is 5.32 Å². The summed E-state index contributed by atoms with van der Waals surface area (Å²) in [6.07, 6.45) is 2.04. The highest BCUT2D eigenvalue weighted by Gasteiger charge is 2.12. The molecule has 2 aromatic rings. The Morgan fingerprint density at radius 1 is 1.28 bits per heavy atom. The molecule has 3 heteroatoms. The van der Waals surface area contributed by atoms with Crippen molar-refractivity contribution in [3.63, 3.8) is 0 Å². The van der Waals surface area contributed by atoms with Gasteiger partial charge < -0.3 is 10.4 Å². The van der Waals surface area contributed by atoms with Gasteiger partial charge in [0.25, 0.3) is 0 Å². The molecule has 0 saturated heterocycles. The molecule has 0 saturated carbocycles. The van der Waals surface area contributed by atoms with Crippen molar-refractivity contribution in [3.05, 3.63) is 52.2 Å². The summed E-state index contributed by atoms with van der Waals surface area (Å²) in [5, 5.41) is 15.2. The van der Waals surface area contributed by atoms with E-state index in [-0.39, 0.29) is 0 Å². The zero-order valence-corrected chi connectivity index (χ0v) is 11.4. The largest absolute Gasteiger partial charge is 0.508 e. The SMILES string of the molecule is CCCNC(Cc1cccc(O)c1)c1cccs1. The van der Waals surface area contributed by atoms with Gasteiger partial charge in [-0.25, -0.2) is 0 Å². The highest BCUT2D eigenvalue weighted by Crippen LogP contribution is 2.24. The first-order chi connectivity index (χ1) is 8.79. The maximum atomic E-state index is 9.51. The number of benzene rings is 1. The third-order valence-corrected chi connectivity index (χ3v) is 3.86. The van der Waals surface area contributed by atoms with Gasteiger partial charge in [0.15, 0.2) is 0 Å². The maximum Gasteiger partial charge on any atom is 0.115 e. The Hall–Kier alpha value is -1.32. The second kappa shape index (κ2) is 6.57. The van der Waals surface area contributed by atoms with Crippen molar-refractivity contribution in [1.29, 1.82) is 0 Å². The average Bonchev–Trinajstić information content (AvgIpc) is 2.88. The molecule has 0 aliphatic heterocycles. The number of hydrogen-bond acceptors (Lipinski definition) is 3. The Bertz CT molecular complexity index is 467. The minimum atomic E-state index is 0.340. The lowest BCUT2D eigenvalue weighted by Gasteiger charge is -2.17. The van der Waals surface area contributed by atoms with Gasteiger partial charge in [0.05, 0.1) is 0 Å². The van der Waals surface area contributed by atoms with Gasteiger partial charge >= 0.3 is 0 Å². The van der Waals surface area contributed by atoms with Crippen LogP contribution in [0.5, 0.6) is 5.75 Å². The van der Waals surface area contributed by atoms with Crippen LogP contribution in [-0.2, 0) is 6.42 Å². The number of phenols is 1. The first-order valence-corrected chi connectivity index (χ1v) is 7.22. The van der Waals surface area contributed by atoms with Crippen LogP contribution in [0.15, 0.2) is 41.8 Å². The minimum Gasteiger partial charge on any atom is -0.508 e. The number of phenolic OH excluding ortho intramolecular Hbond substituents is 1. The van der Waals surface area contributed by atoms with Crippen LogP contribution in [-0.4, -0.2) is 11.7 Å². The topological polar surface area (TPSA) is 32.3 Å². The zero-order valence-electron chi connectivity index (χ0n) is 10.6. The van der Waals surface area contributed by atoms with Crippen LogP contribution in [0.3, 0.4) is 0 Å². The Morgan fingerprint density at radius 3 is 2.83 bits per heavy atom. The van der Waals surface area contributed by atoms with Gasteiger partial charge in [0.1, 0.15) is 5.75 Å². The number of rotatable bonds is 6. The normalized spacial score (nSPS) is 12.5. The van der Waals surface area contributed by atoms with Crippen LogP contribution in [0.2, 0.25) is 0 Å². The molecule has 1 unspecified atom stereocenters. The van der Waals surface area contributed by atoms with Gasteiger partial charge in [0, 0.05) is 10.9 Å². The fourth-order valence-corrected chi connectivity index (χ4v) is 2.80. The molecule has 0 amide bonds. The Balaban J connectivity index is 2.10. The minimum absolute atomic E-state index is 0.340. The Labute approximate surface area is 112 Å². The van der Waals surface area contributed by atoms with Gasteiger partial charge in [-0.05, 0) is 48.5 Å². The molecule has 96 valence electrons. The van der Waals surface area contributed by atoms with E-state index in [1.165, 1.54) is 4.88 Å². The van der Waals surface area contributed by atoms with Crippen LogP contribution in [0.4, 0.5) is 0 Å². The predicted octanol–water partition coefficient (Wildman–Crippen LogP) is 3.74. The lowest BCUT2D eigenvalue weighted by atomic mass is 10.0. The van der Waals surface area contributed by atoms with E-state index in [9.17, 15) is 5.11 Å². The quantitative estimate of drug-likeness (QED) is 0.830. The molecule has 2 rings (SSSR count). The molecule has 1 atom stereocenters. The monoisotopic (exact) mass is 261 g/mol. The highest BCUT2D eigenvalue weighted by molar-refractivity contribution is 7.10. The summed E-state index contributed by atoms with van der Waals surface area (Å²) in [7, 11) is 0. The molecule has 1 heterocycles. The van der Waals surface area contributed by atoms with Crippen LogP contribution in [0.1, 0.15) is 29.8 Å². The van der Waals surface area contributed by atoms with E-state index >= 15 is 0 Å². The molecular weight excluding hydrogens is 242 g/mol. The standard InChI is InChI=1S/C15H19NOS/c1-2-8-16-14(15-7-4-9-18-15)11-12-5-3-6-13(17)10-12/h3-7,9-10,14,16-17H,2,8,11H2,1H3. The van der Waals surface area contributed by atoms with Gasteiger partial charge in [0.2, 0.25) is 0 Å². The maximum absolute atomic E-state index is 9.51. The first-order valence-electron chi connectivity index (χ1n) is 6.34. The fraction of sp³-hybridized carbons (Fsp3) is 0.333. The van der Waals surface area contributed by atoms with Crippen molar-refractivity contribution >= 4 is 11.3 Å². The summed E-state index contributed by atoms with van der Waals surface area (Å²) in [6, 6.07) is 12.1. The lowest BCUT2D eigenvalue weighted by molar-refractivity contribution is 0.473. The summed E-state index contributed by atoms with van der Waals surface area (Å²) in [4.78, 5) is 1.35. The molecule has 0 bridgehead atoms. The van der Waals surface area contributed by atoms with Crippen molar-refractivity contribution in [2.24, 2.45) is 0 Å². The van der Waals surface area contributed by atoms with Crippen molar-refractivity contribution in [3.8, 4) is 5.75 Å².